The zero-order valence-corrected chi connectivity index (χ0v) is 14.4. The van der Waals surface area contributed by atoms with E-state index in [1.54, 1.807) is 0 Å². The van der Waals surface area contributed by atoms with E-state index < -0.39 is 0 Å². The summed E-state index contributed by atoms with van der Waals surface area (Å²) in [6.45, 7) is 9.04. The topological polar surface area (TPSA) is 3.24 Å². The number of benzene rings is 1. The minimum absolute atomic E-state index is 0.268. The maximum absolute atomic E-state index is 5.60. The summed E-state index contributed by atoms with van der Waals surface area (Å²) in [7, 11) is 0. The van der Waals surface area contributed by atoms with E-state index in [4.69, 9.17) is 12.2 Å². The van der Waals surface area contributed by atoms with Crippen molar-refractivity contribution in [1.82, 2.24) is 4.90 Å². The Morgan fingerprint density at radius 2 is 1.70 bits per heavy atom. The van der Waals surface area contributed by atoms with Gasteiger partial charge in [-0.05, 0) is 37.0 Å². The normalized spacial score (nSPS) is 16.2. The molecule has 1 aromatic carbocycles. The summed E-state index contributed by atoms with van der Waals surface area (Å²) < 4.78 is 0.268. The fourth-order valence-electron chi connectivity index (χ4n) is 2.46. The number of hydrogen-bond acceptors (Lipinski definition) is 2. The van der Waals surface area contributed by atoms with Crippen molar-refractivity contribution < 1.29 is 0 Å². The van der Waals surface area contributed by atoms with Crippen LogP contribution in [0.25, 0.3) is 0 Å². The summed E-state index contributed by atoms with van der Waals surface area (Å²) in [4.78, 5) is 4.84. The molecule has 1 nitrogen and oxygen atoms in total. The number of thiocarbonyl (C=S) groups is 1. The highest BCUT2D eigenvalue weighted by Gasteiger charge is 2.14. The molecule has 1 aromatic rings. The van der Waals surface area contributed by atoms with Gasteiger partial charge in [-0.15, -0.1) is 11.8 Å². The van der Waals surface area contributed by atoms with Crippen molar-refractivity contribution >= 4 is 29.0 Å². The molecular weight excluding hydrogens is 282 g/mol. The second-order valence-corrected chi connectivity index (χ2v) is 8.85. The zero-order chi connectivity index (χ0) is 14.6. The van der Waals surface area contributed by atoms with Crippen LogP contribution in [0.1, 0.15) is 45.6 Å². The quantitative estimate of drug-likeness (QED) is 0.575. The fourth-order valence-corrected chi connectivity index (χ4v) is 3.79. The number of rotatable bonds is 3. The Morgan fingerprint density at radius 1 is 1.10 bits per heavy atom. The number of thioether (sulfide) groups is 1. The molecule has 1 aliphatic rings. The van der Waals surface area contributed by atoms with E-state index >= 15 is 0 Å². The van der Waals surface area contributed by atoms with Crippen molar-refractivity contribution in [3.05, 3.63) is 29.8 Å². The number of nitrogens with zero attached hydrogens (tertiary/aromatic N) is 1. The zero-order valence-electron chi connectivity index (χ0n) is 12.8. The molecule has 110 valence electrons. The average molecular weight is 308 g/mol. The Hall–Kier alpha value is -0.540. The molecule has 0 aromatic heterocycles. The van der Waals surface area contributed by atoms with Crippen LogP contribution in [0.15, 0.2) is 29.2 Å². The summed E-state index contributed by atoms with van der Waals surface area (Å²) in [5.41, 5.74) is 1.33. The van der Waals surface area contributed by atoms with Gasteiger partial charge < -0.3 is 4.90 Å². The lowest BCUT2D eigenvalue weighted by Gasteiger charge is -2.29. The van der Waals surface area contributed by atoms with E-state index in [2.05, 4.69) is 49.9 Å². The summed E-state index contributed by atoms with van der Waals surface area (Å²) >= 11 is 7.51. The molecule has 0 amide bonds. The molecule has 0 spiro atoms. The first-order valence-corrected chi connectivity index (χ1v) is 8.72. The van der Waals surface area contributed by atoms with Gasteiger partial charge in [0.05, 0.1) is 4.99 Å². The molecular formula is C17H25NS2. The molecule has 0 saturated carbocycles. The molecule has 2 rings (SSSR count). The Balaban J connectivity index is 1.91. The molecule has 1 saturated heterocycles. The van der Waals surface area contributed by atoms with Gasteiger partial charge in [0.15, 0.2) is 0 Å². The Bertz CT molecular complexity index is 439. The molecule has 1 heterocycles. The van der Waals surface area contributed by atoms with Crippen molar-refractivity contribution in [2.24, 2.45) is 0 Å². The molecule has 0 radical (unpaired) electrons. The van der Waals surface area contributed by atoms with E-state index in [1.165, 1.54) is 29.7 Å². The lowest BCUT2D eigenvalue weighted by molar-refractivity contribution is 0.343. The summed E-state index contributed by atoms with van der Waals surface area (Å²) in [5.74, 6) is 0. The smallest absolute Gasteiger partial charge is 0.0823 e. The largest absolute Gasteiger partial charge is 0.366 e. The van der Waals surface area contributed by atoms with Crippen molar-refractivity contribution in [2.45, 2.75) is 56.1 Å². The molecule has 20 heavy (non-hydrogen) atoms. The van der Waals surface area contributed by atoms with Gasteiger partial charge in [0.2, 0.25) is 0 Å². The second-order valence-electron chi connectivity index (χ2n) is 6.48. The van der Waals surface area contributed by atoms with Gasteiger partial charge in [0, 0.05) is 29.2 Å². The predicted molar refractivity (Wildman–Crippen MR) is 93.8 cm³/mol. The van der Waals surface area contributed by atoms with Gasteiger partial charge in [-0.2, -0.15) is 0 Å². The second kappa shape index (κ2) is 6.95. The van der Waals surface area contributed by atoms with Crippen LogP contribution >= 0.6 is 24.0 Å². The molecule has 0 aliphatic carbocycles. The number of piperidine rings is 1. The van der Waals surface area contributed by atoms with Crippen molar-refractivity contribution in [1.29, 1.82) is 0 Å². The van der Waals surface area contributed by atoms with E-state index in [0.29, 0.717) is 0 Å². The first-order valence-electron chi connectivity index (χ1n) is 7.50. The lowest BCUT2D eigenvalue weighted by Crippen LogP contribution is -2.35. The molecule has 0 atom stereocenters. The van der Waals surface area contributed by atoms with E-state index in [9.17, 15) is 0 Å². The summed E-state index contributed by atoms with van der Waals surface area (Å²) in [6, 6.07) is 8.91. The summed E-state index contributed by atoms with van der Waals surface area (Å²) in [6.07, 6.45) is 4.86. The van der Waals surface area contributed by atoms with Gasteiger partial charge in [-0.3, -0.25) is 0 Å². The third kappa shape index (κ3) is 5.10. The van der Waals surface area contributed by atoms with Gasteiger partial charge in [0.1, 0.15) is 0 Å². The van der Waals surface area contributed by atoms with Crippen molar-refractivity contribution in [2.75, 3.05) is 13.1 Å². The molecule has 1 aliphatic heterocycles. The highest BCUT2D eigenvalue weighted by atomic mass is 32.2. The van der Waals surface area contributed by atoms with Crippen LogP contribution in [0.5, 0.6) is 0 Å². The van der Waals surface area contributed by atoms with Gasteiger partial charge in [-0.25, -0.2) is 0 Å². The SMILES string of the molecule is CC(C)(C)Sc1ccc(CC(=S)N2CCCCC2)cc1. The minimum Gasteiger partial charge on any atom is -0.366 e. The average Bonchev–Trinajstić information content (AvgIpc) is 2.40. The molecule has 0 bridgehead atoms. The number of hydrogen-bond donors (Lipinski definition) is 0. The standard InChI is InChI=1S/C17H25NS2/c1-17(2,3)20-15-9-7-14(8-10-15)13-16(19)18-11-5-4-6-12-18/h7-10H,4-6,11-13H2,1-3H3. The lowest BCUT2D eigenvalue weighted by atomic mass is 10.1. The summed E-state index contributed by atoms with van der Waals surface area (Å²) in [5, 5.41) is 0. The van der Waals surface area contributed by atoms with Crippen molar-refractivity contribution in [3.63, 3.8) is 0 Å². The van der Waals surface area contributed by atoms with Crippen LogP contribution in [0.2, 0.25) is 0 Å². The fraction of sp³-hybridized carbons (Fsp3) is 0.588. The van der Waals surface area contributed by atoms with Gasteiger partial charge in [-0.1, -0.05) is 45.1 Å². The predicted octanol–water partition coefficient (Wildman–Crippen LogP) is 4.93. The molecule has 0 N–H and O–H groups in total. The number of likely N-dealkylation sites (tertiary alicyclic amines) is 1. The third-order valence-electron chi connectivity index (χ3n) is 3.41. The molecule has 1 fully saturated rings. The first-order chi connectivity index (χ1) is 9.44. The van der Waals surface area contributed by atoms with E-state index in [1.807, 2.05) is 11.8 Å². The van der Waals surface area contributed by atoms with Crippen LogP contribution in [0.3, 0.4) is 0 Å². The van der Waals surface area contributed by atoms with Crippen LogP contribution in [0.4, 0.5) is 0 Å². The Kier molecular flexibility index (Phi) is 5.50. The maximum Gasteiger partial charge on any atom is 0.0823 e. The van der Waals surface area contributed by atoms with Crippen molar-refractivity contribution in [3.8, 4) is 0 Å². The maximum atomic E-state index is 5.60. The van der Waals surface area contributed by atoms with Crippen LogP contribution in [-0.2, 0) is 6.42 Å². The van der Waals surface area contributed by atoms with Crippen LogP contribution in [0, 0.1) is 0 Å². The first kappa shape index (κ1) is 15.8. The minimum atomic E-state index is 0.268. The highest BCUT2D eigenvalue weighted by Crippen LogP contribution is 2.31. The van der Waals surface area contributed by atoms with Crippen LogP contribution in [-0.4, -0.2) is 27.7 Å². The van der Waals surface area contributed by atoms with Gasteiger partial charge >= 0.3 is 0 Å². The highest BCUT2D eigenvalue weighted by molar-refractivity contribution is 8.00. The Labute approximate surface area is 133 Å². The Morgan fingerprint density at radius 3 is 2.25 bits per heavy atom. The third-order valence-corrected chi connectivity index (χ3v) is 4.93. The monoisotopic (exact) mass is 307 g/mol. The van der Waals surface area contributed by atoms with E-state index in [-0.39, 0.29) is 4.75 Å². The molecule has 0 unspecified atom stereocenters. The van der Waals surface area contributed by atoms with Gasteiger partial charge in [0.25, 0.3) is 0 Å². The molecule has 3 heteroatoms. The van der Waals surface area contributed by atoms with E-state index in [0.717, 1.165) is 24.5 Å². The van der Waals surface area contributed by atoms with Crippen LogP contribution < -0.4 is 0 Å².